The van der Waals surface area contributed by atoms with Gasteiger partial charge in [-0.1, -0.05) is 12.5 Å². The molecule has 0 radical (unpaired) electrons. The molecule has 8 heteroatoms. The van der Waals surface area contributed by atoms with Crippen LogP contribution in [0, 0.1) is 6.92 Å². The molecule has 2 heterocycles. The average molecular weight is 410 g/mol. The Kier molecular flexibility index (Phi) is 6.62. The molecule has 0 saturated carbocycles. The number of aromatic nitrogens is 1. The van der Waals surface area contributed by atoms with Crippen molar-refractivity contribution in [2.45, 2.75) is 58.3 Å². The molecular weight excluding hydrogens is 385 g/mol. The number of rotatable bonds is 6. The number of aryl methyl sites for hydroxylation is 1. The standard InChI is InChI=1S/C21H25F3N2O3/c1-3-28-19(27)12-17-9-4-5-10-26(17)13-18-14(2)29-20(25-18)15-7-6-8-16(11-15)21(22,23)24/h6-8,11,17H,3-5,9-10,12-13H2,1-2H3. The van der Waals surface area contributed by atoms with Gasteiger partial charge in [-0.15, -0.1) is 0 Å². The minimum absolute atomic E-state index is 0.0657. The Morgan fingerprint density at radius 1 is 1.34 bits per heavy atom. The van der Waals surface area contributed by atoms with E-state index in [1.807, 2.05) is 0 Å². The number of esters is 1. The van der Waals surface area contributed by atoms with Gasteiger partial charge >= 0.3 is 12.1 Å². The fourth-order valence-corrected chi connectivity index (χ4v) is 3.63. The molecule has 1 unspecified atom stereocenters. The van der Waals surface area contributed by atoms with Gasteiger partial charge in [-0.25, -0.2) is 4.98 Å². The summed E-state index contributed by atoms with van der Waals surface area (Å²) in [6.07, 6.45) is -1.12. The number of likely N-dealkylation sites (tertiary alicyclic amines) is 1. The highest BCUT2D eigenvalue weighted by Gasteiger charge is 2.31. The molecule has 2 aromatic rings. The second-order valence-corrected chi connectivity index (χ2v) is 7.23. The van der Waals surface area contributed by atoms with E-state index in [0.29, 0.717) is 31.0 Å². The number of carbonyl (C=O) groups is 1. The Hall–Kier alpha value is -2.35. The molecule has 1 saturated heterocycles. The lowest BCUT2D eigenvalue weighted by Gasteiger charge is -2.34. The van der Waals surface area contributed by atoms with E-state index in [0.717, 1.165) is 37.9 Å². The SMILES string of the molecule is CCOC(=O)CC1CCCCN1Cc1nc(-c2cccc(C(F)(F)F)c2)oc1C. The Bertz CT molecular complexity index is 848. The first-order valence-corrected chi connectivity index (χ1v) is 9.81. The fourth-order valence-electron chi connectivity index (χ4n) is 3.63. The monoisotopic (exact) mass is 410 g/mol. The van der Waals surface area contributed by atoms with Gasteiger partial charge in [-0.05, 0) is 51.4 Å². The summed E-state index contributed by atoms with van der Waals surface area (Å²) < 4.78 is 49.7. The highest BCUT2D eigenvalue weighted by Crippen LogP contribution is 2.33. The summed E-state index contributed by atoms with van der Waals surface area (Å²) in [4.78, 5) is 18.5. The maximum absolute atomic E-state index is 13.0. The number of oxazole rings is 1. The molecule has 1 aromatic carbocycles. The Balaban J connectivity index is 1.77. The van der Waals surface area contributed by atoms with E-state index >= 15 is 0 Å². The van der Waals surface area contributed by atoms with E-state index in [4.69, 9.17) is 9.15 Å². The van der Waals surface area contributed by atoms with Crippen LogP contribution in [0.3, 0.4) is 0 Å². The smallest absolute Gasteiger partial charge is 0.416 e. The molecule has 1 aliphatic heterocycles. The average Bonchev–Trinajstić information content (AvgIpc) is 3.03. The van der Waals surface area contributed by atoms with Crippen molar-refractivity contribution < 1.29 is 27.1 Å². The molecule has 0 spiro atoms. The van der Waals surface area contributed by atoms with Gasteiger partial charge in [0.1, 0.15) is 5.76 Å². The lowest BCUT2D eigenvalue weighted by Crippen LogP contribution is -2.40. The van der Waals surface area contributed by atoms with Gasteiger partial charge in [0.05, 0.1) is 24.3 Å². The number of hydrogen-bond donors (Lipinski definition) is 0. The van der Waals surface area contributed by atoms with Crippen LogP contribution in [0.1, 0.15) is 49.6 Å². The van der Waals surface area contributed by atoms with Crippen molar-refractivity contribution >= 4 is 5.97 Å². The molecule has 158 valence electrons. The number of piperidine rings is 1. The van der Waals surface area contributed by atoms with Gasteiger partial charge in [-0.3, -0.25) is 9.69 Å². The van der Waals surface area contributed by atoms with Gasteiger partial charge in [0.25, 0.3) is 0 Å². The zero-order valence-corrected chi connectivity index (χ0v) is 16.6. The minimum Gasteiger partial charge on any atom is -0.466 e. The molecule has 1 fully saturated rings. The van der Waals surface area contributed by atoms with Gasteiger partial charge in [0.2, 0.25) is 5.89 Å². The molecule has 29 heavy (non-hydrogen) atoms. The quantitative estimate of drug-likeness (QED) is 0.629. The van der Waals surface area contributed by atoms with Crippen molar-refractivity contribution in [3.8, 4) is 11.5 Å². The lowest BCUT2D eigenvalue weighted by atomic mass is 9.99. The molecule has 0 aliphatic carbocycles. The van der Waals surface area contributed by atoms with Crippen molar-refractivity contribution in [2.24, 2.45) is 0 Å². The first-order chi connectivity index (χ1) is 13.8. The van der Waals surface area contributed by atoms with E-state index < -0.39 is 11.7 Å². The normalized spacial score (nSPS) is 18.0. The number of hydrogen-bond acceptors (Lipinski definition) is 5. The van der Waals surface area contributed by atoms with E-state index in [-0.39, 0.29) is 23.5 Å². The number of benzene rings is 1. The summed E-state index contributed by atoms with van der Waals surface area (Å²) in [6, 6.07) is 5.02. The van der Waals surface area contributed by atoms with E-state index in [9.17, 15) is 18.0 Å². The van der Waals surface area contributed by atoms with Crippen LogP contribution in [0.2, 0.25) is 0 Å². The van der Waals surface area contributed by atoms with Crippen LogP contribution >= 0.6 is 0 Å². The third-order valence-corrected chi connectivity index (χ3v) is 5.14. The number of alkyl halides is 3. The second kappa shape index (κ2) is 8.98. The van der Waals surface area contributed by atoms with Gasteiger partial charge in [0, 0.05) is 18.2 Å². The van der Waals surface area contributed by atoms with E-state index in [1.54, 1.807) is 19.9 Å². The van der Waals surface area contributed by atoms with Gasteiger partial charge in [-0.2, -0.15) is 13.2 Å². The molecule has 1 aliphatic rings. The molecule has 0 N–H and O–H groups in total. The van der Waals surface area contributed by atoms with Crippen molar-refractivity contribution in [1.29, 1.82) is 0 Å². The zero-order chi connectivity index (χ0) is 21.0. The summed E-state index contributed by atoms with van der Waals surface area (Å²) in [5, 5.41) is 0. The number of halogens is 3. The van der Waals surface area contributed by atoms with Crippen LogP contribution in [0.25, 0.3) is 11.5 Å². The van der Waals surface area contributed by atoms with E-state index in [2.05, 4.69) is 9.88 Å². The summed E-state index contributed by atoms with van der Waals surface area (Å²) in [5.41, 5.74) is 0.224. The predicted molar refractivity (Wildman–Crippen MR) is 101 cm³/mol. The van der Waals surface area contributed by atoms with Crippen molar-refractivity contribution in [3.63, 3.8) is 0 Å². The van der Waals surface area contributed by atoms with Crippen molar-refractivity contribution in [1.82, 2.24) is 9.88 Å². The summed E-state index contributed by atoms with van der Waals surface area (Å²) in [6.45, 7) is 5.20. The van der Waals surface area contributed by atoms with Crippen molar-refractivity contribution in [3.05, 3.63) is 41.3 Å². The summed E-state index contributed by atoms with van der Waals surface area (Å²) >= 11 is 0. The Morgan fingerprint density at radius 2 is 2.14 bits per heavy atom. The lowest BCUT2D eigenvalue weighted by molar-refractivity contribution is -0.145. The first-order valence-electron chi connectivity index (χ1n) is 9.81. The fraction of sp³-hybridized carbons (Fsp3) is 0.524. The maximum atomic E-state index is 13.0. The van der Waals surface area contributed by atoms with Crippen LogP contribution in [0.15, 0.2) is 28.7 Å². The van der Waals surface area contributed by atoms with Crippen LogP contribution in [-0.4, -0.2) is 35.0 Å². The van der Waals surface area contributed by atoms with E-state index in [1.165, 1.54) is 6.07 Å². The summed E-state index contributed by atoms with van der Waals surface area (Å²) in [5.74, 6) is 0.520. The largest absolute Gasteiger partial charge is 0.466 e. The maximum Gasteiger partial charge on any atom is 0.416 e. The molecule has 1 atom stereocenters. The topological polar surface area (TPSA) is 55.6 Å². The second-order valence-electron chi connectivity index (χ2n) is 7.23. The van der Waals surface area contributed by atoms with Gasteiger partial charge in [0.15, 0.2) is 0 Å². The highest BCUT2D eigenvalue weighted by atomic mass is 19.4. The number of carbonyl (C=O) groups excluding carboxylic acids is 1. The number of ether oxygens (including phenoxy) is 1. The highest BCUT2D eigenvalue weighted by molar-refractivity contribution is 5.70. The van der Waals surface area contributed by atoms with Crippen molar-refractivity contribution in [2.75, 3.05) is 13.2 Å². The molecule has 0 amide bonds. The number of nitrogens with zero attached hydrogens (tertiary/aromatic N) is 2. The Labute approximate surface area is 167 Å². The molecule has 3 rings (SSSR count). The first kappa shape index (κ1) is 21.4. The minimum atomic E-state index is -4.42. The van der Waals surface area contributed by atoms with Crippen LogP contribution in [0.5, 0.6) is 0 Å². The van der Waals surface area contributed by atoms with Crippen LogP contribution in [-0.2, 0) is 22.3 Å². The molecule has 1 aromatic heterocycles. The molecule has 0 bridgehead atoms. The Morgan fingerprint density at radius 3 is 2.86 bits per heavy atom. The third-order valence-electron chi connectivity index (χ3n) is 5.14. The summed E-state index contributed by atoms with van der Waals surface area (Å²) in [7, 11) is 0. The van der Waals surface area contributed by atoms with Crippen LogP contribution in [0.4, 0.5) is 13.2 Å². The predicted octanol–water partition coefficient (Wildman–Crippen LogP) is 4.98. The van der Waals surface area contributed by atoms with Gasteiger partial charge < -0.3 is 9.15 Å². The van der Waals surface area contributed by atoms with Crippen LogP contribution < -0.4 is 0 Å². The molecular formula is C21H25F3N2O3. The molecule has 5 nitrogen and oxygen atoms in total. The zero-order valence-electron chi connectivity index (χ0n) is 16.6. The third kappa shape index (κ3) is 5.38.